The molecule has 0 aromatic rings. The van der Waals surface area contributed by atoms with Crippen molar-refractivity contribution in [1.82, 2.24) is 5.32 Å². The second-order valence-electron chi connectivity index (χ2n) is 6.29. The van der Waals surface area contributed by atoms with Gasteiger partial charge in [-0.25, -0.2) is 0 Å². The van der Waals surface area contributed by atoms with Gasteiger partial charge in [-0.05, 0) is 64.0 Å². The molecule has 18 heavy (non-hydrogen) atoms. The minimum Gasteiger partial charge on any atom is -0.319 e. The smallest absolute Gasteiger partial charge is 0.00178 e. The number of hydrogen-bond donors (Lipinski definition) is 1. The molecule has 1 heteroatoms. The molecule has 1 fully saturated rings. The predicted molar refractivity (Wildman–Crippen MR) is 79.8 cm³/mol. The fourth-order valence-electron chi connectivity index (χ4n) is 3.93. The summed E-state index contributed by atoms with van der Waals surface area (Å²) < 4.78 is 0. The van der Waals surface area contributed by atoms with E-state index in [0.717, 1.165) is 11.8 Å². The Morgan fingerprint density at radius 2 is 1.78 bits per heavy atom. The molecular weight excluding hydrogens is 218 g/mol. The molecule has 1 unspecified atom stereocenters. The van der Waals surface area contributed by atoms with Crippen molar-refractivity contribution >= 4 is 0 Å². The van der Waals surface area contributed by atoms with Gasteiger partial charge in [-0.2, -0.15) is 0 Å². The Hall–Kier alpha value is -0.300. The van der Waals surface area contributed by atoms with Gasteiger partial charge in [0.05, 0.1) is 0 Å². The highest BCUT2D eigenvalue weighted by molar-refractivity contribution is 5.10. The van der Waals surface area contributed by atoms with E-state index in [1.807, 2.05) is 5.57 Å². The number of allylic oxidation sites excluding steroid dienone is 2. The van der Waals surface area contributed by atoms with E-state index in [1.54, 1.807) is 0 Å². The predicted octanol–water partition coefficient (Wildman–Crippen LogP) is 4.68. The molecule has 1 N–H and O–H groups in total. The van der Waals surface area contributed by atoms with Crippen LogP contribution in [0.2, 0.25) is 0 Å². The zero-order valence-electron chi connectivity index (χ0n) is 12.2. The summed E-state index contributed by atoms with van der Waals surface area (Å²) in [4.78, 5) is 0. The molecule has 2 aliphatic rings. The highest BCUT2D eigenvalue weighted by atomic mass is 14.8. The highest BCUT2D eigenvalue weighted by Gasteiger charge is 2.27. The molecule has 2 aliphatic carbocycles. The maximum atomic E-state index is 3.42. The van der Waals surface area contributed by atoms with Crippen molar-refractivity contribution in [2.75, 3.05) is 13.6 Å². The lowest BCUT2D eigenvalue weighted by Gasteiger charge is -2.33. The van der Waals surface area contributed by atoms with Crippen molar-refractivity contribution in [2.24, 2.45) is 11.8 Å². The van der Waals surface area contributed by atoms with Crippen LogP contribution in [0.3, 0.4) is 0 Å². The fraction of sp³-hybridized carbons (Fsp3) is 0.882. The summed E-state index contributed by atoms with van der Waals surface area (Å²) in [6, 6.07) is 0. The van der Waals surface area contributed by atoms with Gasteiger partial charge in [-0.1, -0.05) is 43.8 Å². The largest absolute Gasteiger partial charge is 0.319 e. The van der Waals surface area contributed by atoms with Crippen LogP contribution in [0.1, 0.15) is 70.6 Å². The fourth-order valence-corrected chi connectivity index (χ4v) is 3.93. The van der Waals surface area contributed by atoms with E-state index in [2.05, 4.69) is 18.4 Å². The van der Waals surface area contributed by atoms with Gasteiger partial charge in [0.25, 0.3) is 0 Å². The van der Waals surface area contributed by atoms with Crippen molar-refractivity contribution in [3.8, 4) is 0 Å². The summed E-state index contributed by atoms with van der Waals surface area (Å²) in [5.74, 6) is 1.82. The van der Waals surface area contributed by atoms with E-state index in [1.165, 1.54) is 77.2 Å². The van der Waals surface area contributed by atoms with Crippen LogP contribution < -0.4 is 5.32 Å². The van der Waals surface area contributed by atoms with Crippen molar-refractivity contribution in [3.63, 3.8) is 0 Å². The molecule has 0 amide bonds. The van der Waals surface area contributed by atoms with E-state index in [9.17, 15) is 0 Å². The van der Waals surface area contributed by atoms with Gasteiger partial charge in [-0.15, -0.1) is 0 Å². The lowest BCUT2D eigenvalue weighted by Crippen LogP contribution is -2.30. The highest BCUT2D eigenvalue weighted by Crippen LogP contribution is 2.37. The maximum absolute atomic E-state index is 3.42. The van der Waals surface area contributed by atoms with Crippen LogP contribution in [0.15, 0.2) is 11.6 Å². The van der Waals surface area contributed by atoms with Crippen molar-refractivity contribution in [3.05, 3.63) is 11.6 Å². The summed E-state index contributed by atoms with van der Waals surface area (Å²) in [5, 5.41) is 3.42. The van der Waals surface area contributed by atoms with Gasteiger partial charge < -0.3 is 5.32 Å². The molecule has 0 spiro atoms. The summed E-state index contributed by atoms with van der Waals surface area (Å²) in [6.45, 7) is 1.22. The molecule has 0 heterocycles. The summed E-state index contributed by atoms with van der Waals surface area (Å²) in [7, 11) is 2.11. The van der Waals surface area contributed by atoms with Crippen molar-refractivity contribution < 1.29 is 0 Å². The molecule has 0 aromatic carbocycles. The molecule has 0 saturated heterocycles. The standard InChI is InChI=1S/C17H31N/c1-18-14-16-12-8-9-13-17(16)15-10-6-4-2-3-5-7-11-15/h10,16-18H,2-9,11-14H2,1H3/b15-10+/t16-,17?/m0/s1. The first-order chi connectivity index (χ1) is 8.92. The molecule has 104 valence electrons. The number of nitrogens with one attached hydrogen (secondary N) is 1. The van der Waals surface area contributed by atoms with Crippen LogP contribution in [0.25, 0.3) is 0 Å². The van der Waals surface area contributed by atoms with Crippen LogP contribution >= 0.6 is 0 Å². The van der Waals surface area contributed by atoms with Crippen molar-refractivity contribution in [2.45, 2.75) is 70.6 Å². The normalized spacial score (nSPS) is 33.9. The van der Waals surface area contributed by atoms with Gasteiger partial charge in [-0.3, -0.25) is 0 Å². The van der Waals surface area contributed by atoms with E-state index in [0.29, 0.717) is 0 Å². The quantitative estimate of drug-likeness (QED) is 0.716. The minimum atomic E-state index is 0.907. The van der Waals surface area contributed by atoms with E-state index >= 15 is 0 Å². The molecule has 2 rings (SSSR count). The van der Waals surface area contributed by atoms with Crippen LogP contribution in [0.5, 0.6) is 0 Å². The van der Waals surface area contributed by atoms with Crippen LogP contribution in [-0.4, -0.2) is 13.6 Å². The van der Waals surface area contributed by atoms with Crippen molar-refractivity contribution in [1.29, 1.82) is 0 Å². The van der Waals surface area contributed by atoms with E-state index in [-0.39, 0.29) is 0 Å². The van der Waals surface area contributed by atoms with E-state index in [4.69, 9.17) is 0 Å². The third-order valence-corrected chi connectivity index (χ3v) is 4.93. The van der Waals surface area contributed by atoms with Crippen LogP contribution in [0.4, 0.5) is 0 Å². The summed E-state index contributed by atoms with van der Waals surface area (Å²) >= 11 is 0. The molecule has 0 bridgehead atoms. The van der Waals surface area contributed by atoms with Crippen LogP contribution in [0, 0.1) is 11.8 Å². The zero-order valence-corrected chi connectivity index (χ0v) is 12.2. The second kappa shape index (κ2) is 7.99. The molecule has 0 radical (unpaired) electrons. The van der Waals surface area contributed by atoms with Crippen LogP contribution in [-0.2, 0) is 0 Å². The Kier molecular flexibility index (Phi) is 6.26. The lowest BCUT2D eigenvalue weighted by molar-refractivity contribution is 0.261. The average Bonchev–Trinajstić information content (AvgIpc) is 2.53. The average molecular weight is 249 g/mol. The first-order valence-electron chi connectivity index (χ1n) is 8.25. The monoisotopic (exact) mass is 249 g/mol. The SMILES string of the molecule is CNC[C@@H]1CCCCC1/C1=C/CCCCCCC1. The van der Waals surface area contributed by atoms with Gasteiger partial charge in [0.1, 0.15) is 0 Å². The maximum Gasteiger partial charge on any atom is -0.00178 e. The third kappa shape index (κ3) is 4.12. The van der Waals surface area contributed by atoms with E-state index < -0.39 is 0 Å². The Labute approximate surface area is 113 Å². The Balaban J connectivity index is 1.99. The second-order valence-corrected chi connectivity index (χ2v) is 6.29. The Bertz CT molecular complexity index is 254. The first kappa shape index (κ1) is 14.1. The summed E-state index contributed by atoms with van der Waals surface area (Å²) in [5.41, 5.74) is 1.83. The van der Waals surface area contributed by atoms with Gasteiger partial charge in [0.2, 0.25) is 0 Å². The number of hydrogen-bond acceptors (Lipinski definition) is 1. The molecule has 2 atom stereocenters. The topological polar surface area (TPSA) is 12.0 Å². The molecule has 0 aromatic heterocycles. The molecule has 1 saturated carbocycles. The third-order valence-electron chi connectivity index (χ3n) is 4.93. The van der Waals surface area contributed by atoms with Gasteiger partial charge in [0.15, 0.2) is 0 Å². The molecule has 0 aliphatic heterocycles. The summed E-state index contributed by atoms with van der Waals surface area (Å²) in [6.07, 6.45) is 18.4. The Morgan fingerprint density at radius 1 is 1.00 bits per heavy atom. The zero-order chi connectivity index (χ0) is 12.6. The van der Waals surface area contributed by atoms with Gasteiger partial charge >= 0.3 is 0 Å². The van der Waals surface area contributed by atoms with Gasteiger partial charge in [0, 0.05) is 0 Å². The Morgan fingerprint density at radius 3 is 2.67 bits per heavy atom. The minimum absolute atomic E-state index is 0.907. The molecular formula is C17H31N. The lowest BCUT2D eigenvalue weighted by atomic mass is 9.73. The molecule has 1 nitrogen and oxygen atoms in total. The first-order valence-corrected chi connectivity index (χ1v) is 8.25. The number of rotatable bonds is 3.